The van der Waals surface area contributed by atoms with Crippen LogP contribution in [0.3, 0.4) is 0 Å². The quantitative estimate of drug-likeness (QED) is 0.455. The molecule has 0 heterocycles. The lowest BCUT2D eigenvalue weighted by Crippen LogP contribution is -2.38. The topological polar surface area (TPSA) is 45.1 Å². The highest BCUT2D eigenvalue weighted by Gasteiger charge is 2.17. The van der Waals surface area contributed by atoms with Crippen molar-refractivity contribution in [1.82, 2.24) is 4.90 Å². The van der Waals surface area contributed by atoms with Gasteiger partial charge in [-0.25, -0.2) is 0 Å². The van der Waals surface area contributed by atoms with Crippen molar-refractivity contribution in [3.8, 4) is 0 Å². The minimum Gasteiger partial charge on any atom is -0.386 e. The summed E-state index contributed by atoms with van der Waals surface area (Å²) in [4.78, 5) is 21.8. The van der Waals surface area contributed by atoms with E-state index in [1.807, 2.05) is 56.3 Å². The molecule has 0 N–H and O–H groups in total. The van der Waals surface area contributed by atoms with E-state index in [1.165, 1.54) is 5.69 Å². The number of carbonyl (C=O) groups is 1. The Balaban J connectivity index is 1.87. The maximum absolute atomic E-state index is 12.5. The van der Waals surface area contributed by atoms with Crippen molar-refractivity contribution < 1.29 is 9.63 Å². The third kappa shape index (κ3) is 6.41. The number of benzene rings is 2. The number of rotatable bonds is 10. The average Bonchev–Trinajstić information content (AvgIpc) is 2.71. The summed E-state index contributed by atoms with van der Waals surface area (Å²) in [5.41, 5.74) is 3.22. The van der Waals surface area contributed by atoms with E-state index in [9.17, 15) is 4.79 Å². The van der Waals surface area contributed by atoms with E-state index in [2.05, 4.69) is 36.0 Å². The third-order valence-electron chi connectivity index (χ3n) is 4.63. The molecule has 5 nitrogen and oxygen atoms in total. The first-order valence-electron chi connectivity index (χ1n) is 9.88. The summed E-state index contributed by atoms with van der Waals surface area (Å²) in [6.07, 6.45) is 1.64. The van der Waals surface area contributed by atoms with Gasteiger partial charge in [0, 0.05) is 31.4 Å². The highest BCUT2D eigenvalue weighted by atomic mass is 16.6. The molecular weight excluding hydrogens is 350 g/mol. The molecular formula is C23H31N3O2. The molecule has 1 amide bonds. The predicted octanol–water partition coefficient (Wildman–Crippen LogP) is 4.32. The summed E-state index contributed by atoms with van der Waals surface area (Å²) in [5.74, 6) is -0.0760. The molecule has 0 saturated carbocycles. The molecule has 0 fully saturated rings. The van der Waals surface area contributed by atoms with Gasteiger partial charge in [-0.3, -0.25) is 4.79 Å². The summed E-state index contributed by atoms with van der Waals surface area (Å²) in [5, 5.41) is 3.96. The molecule has 2 aromatic carbocycles. The number of amides is 1. The summed E-state index contributed by atoms with van der Waals surface area (Å²) in [6.45, 7) is 10.7. The monoisotopic (exact) mass is 381 g/mol. The lowest BCUT2D eigenvalue weighted by atomic mass is 10.2. The zero-order chi connectivity index (χ0) is 20.4. The van der Waals surface area contributed by atoms with Crippen molar-refractivity contribution in [2.24, 2.45) is 5.16 Å². The van der Waals surface area contributed by atoms with E-state index in [0.717, 1.165) is 24.2 Å². The van der Waals surface area contributed by atoms with Gasteiger partial charge in [-0.15, -0.1) is 0 Å². The first-order valence-corrected chi connectivity index (χ1v) is 9.88. The third-order valence-corrected chi connectivity index (χ3v) is 4.63. The van der Waals surface area contributed by atoms with Crippen LogP contribution in [-0.4, -0.2) is 42.8 Å². The summed E-state index contributed by atoms with van der Waals surface area (Å²) >= 11 is 0. The SMILES string of the molecule is CCN(CC)c1ccc(/C=N\OCC(=O)N(Cc2ccccc2)C(C)C)cc1. The molecule has 0 bridgehead atoms. The fraction of sp³-hybridized carbons (Fsp3) is 0.391. The van der Waals surface area contributed by atoms with Gasteiger partial charge in [0.25, 0.3) is 5.91 Å². The Morgan fingerprint density at radius 2 is 1.68 bits per heavy atom. The smallest absolute Gasteiger partial charge is 0.263 e. The predicted molar refractivity (Wildman–Crippen MR) is 116 cm³/mol. The zero-order valence-corrected chi connectivity index (χ0v) is 17.3. The van der Waals surface area contributed by atoms with Gasteiger partial charge < -0.3 is 14.6 Å². The van der Waals surface area contributed by atoms with Crippen molar-refractivity contribution >= 4 is 17.8 Å². The van der Waals surface area contributed by atoms with E-state index < -0.39 is 0 Å². The minimum absolute atomic E-state index is 0.0704. The molecule has 2 rings (SSSR count). The van der Waals surface area contributed by atoms with Gasteiger partial charge >= 0.3 is 0 Å². The lowest BCUT2D eigenvalue weighted by molar-refractivity contribution is -0.138. The van der Waals surface area contributed by atoms with Gasteiger partial charge in [0.05, 0.1) is 6.21 Å². The van der Waals surface area contributed by atoms with E-state index in [1.54, 1.807) is 11.1 Å². The first kappa shape index (κ1) is 21.5. The van der Waals surface area contributed by atoms with Crippen molar-refractivity contribution in [2.75, 3.05) is 24.6 Å². The highest BCUT2D eigenvalue weighted by Crippen LogP contribution is 2.14. The Bertz CT molecular complexity index is 738. The largest absolute Gasteiger partial charge is 0.386 e. The highest BCUT2D eigenvalue weighted by molar-refractivity contribution is 5.80. The Labute approximate surface area is 168 Å². The van der Waals surface area contributed by atoms with Gasteiger partial charge in [0.1, 0.15) is 0 Å². The maximum atomic E-state index is 12.5. The van der Waals surface area contributed by atoms with Crippen molar-refractivity contribution in [3.05, 3.63) is 65.7 Å². The standard InChI is InChI=1S/C23H31N3O2/c1-5-25(6-2)22-14-12-20(13-15-22)16-24-28-18-23(27)26(19(3)4)17-21-10-8-7-9-11-21/h7-16,19H,5-6,17-18H2,1-4H3/b24-16-. The first-order chi connectivity index (χ1) is 13.5. The molecule has 0 atom stereocenters. The molecule has 28 heavy (non-hydrogen) atoms. The lowest BCUT2D eigenvalue weighted by Gasteiger charge is -2.26. The fourth-order valence-electron chi connectivity index (χ4n) is 2.97. The van der Waals surface area contributed by atoms with Gasteiger partial charge in [0.15, 0.2) is 6.61 Å². The van der Waals surface area contributed by atoms with Gasteiger partial charge in [-0.05, 0) is 51.0 Å². The zero-order valence-electron chi connectivity index (χ0n) is 17.3. The molecule has 0 saturated heterocycles. The average molecular weight is 382 g/mol. The molecule has 0 spiro atoms. The second kappa shape index (κ2) is 11.1. The molecule has 0 aliphatic heterocycles. The molecule has 0 radical (unpaired) electrons. The molecule has 2 aromatic rings. The maximum Gasteiger partial charge on any atom is 0.263 e. The van der Waals surface area contributed by atoms with Crippen LogP contribution in [0.15, 0.2) is 59.8 Å². The number of hydrogen-bond donors (Lipinski definition) is 0. The van der Waals surface area contributed by atoms with Crippen LogP contribution < -0.4 is 4.90 Å². The van der Waals surface area contributed by atoms with Crippen LogP contribution in [0.5, 0.6) is 0 Å². The van der Waals surface area contributed by atoms with E-state index in [-0.39, 0.29) is 18.6 Å². The molecule has 0 unspecified atom stereocenters. The van der Waals surface area contributed by atoms with Crippen LogP contribution in [0.1, 0.15) is 38.8 Å². The number of hydrogen-bond acceptors (Lipinski definition) is 4. The van der Waals surface area contributed by atoms with Gasteiger partial charge in [0.2, 0.25) is 0 Å². The Morgan fingerprint density at radius 1 is 1.04 bits per heavy atom. The number of carbonyl (C=O) groups excluding carboxylic acids is 1. The number of nitrogens with zero attached hydrogens (tertiary/aromatic N) is 3. The Hall–Kier alpha value is -2.82. The second-order valence-corrected chi connectivity index (χ2v) is 6.87. The second-order valence-electron chi connectivity index (χ2n) is 6.87. The molecule has 0 aromatic heterocycles. The summed E-state index contributed by atoms with van der Waals surface area (Å²) in [6, 6.07) is 18.2. The fourth-order valence-corrected chi connectivity index (χ4v) is 2.97. The number of oxime groups is 1. The molecule has 0 aliphatic rings. The van der Waals surface area contributed by atoms with Crippen molar-refractivity contribution in [2.45, 2.75) is 40.3 Å². The van der Waals surface area contributed by atoms with Crippen LogP contribution in [0, 0.1) is 0 Å². The van der Waals surface area contributed by atoms with Crippen LogP contribution in [0.4, 0.5) is 5.69 Å². The van der Waals surface area contributed by atoms with Crippen LogP contribution in [0.2, 0.25) is 0 Å². The normalized spacial score (nSPS) is 11.0. The summed E-state index contributed by atoms with van der Waals surface area (Å²) in [7, 11) is 0. The van der Waals surface area contributed by atoms with Gasteiger partial charge in [-0.2, -0.15) is 0 Å². The van der Waals surface area contributed by atoms with Crippen LogP contribution in [-0.2, 0) is 16.2 Å². The Kier molecular flexibility index (Phi) is 8.53. The minimum atomic E-state index is -0.0760. The van der Waals surface area contributed by atoms with E-state index in [0.29, 0.717) is 6.54 Å². The van der Waals surface area contributed by atoms with Crippen molar-refractivity contribution in [1.29, 1.82) is 0 Å². The summed E-state index contributed by atoms with van der Waals surface area (Å²) < 4.78 is 0. The molecule has 150 valence electrons. The van der Waals surface area contributed by atoms with E-state index in [4.69, 9.17) is 4.84 Å². The number of anilines is 1. The van der Waals surface area contributed by atoms with Crippen LogP contribution in [0.25, 0.3) is 0 Å². The molecule has 5 heteroatoms. The Morgan fingerprint density at radius 3 is 2.25 bits per heavy atom. The molecule has 0 aliphatic carbocycles. The van der Waals surface area contributed by atoms with E-state index >= 15 is 0 Å². The van der Waals surface area contributed by atoms with Gasteiger partial charge in [-0.1, -0.05) is 47.6 Å². The van der Waals surface area contributed by atoms with Crippen LogP contribution >= 0.6 is 0 Å². The van der Waals surface area contributed by atoms with Crippen molar-refractivity contribution in [3.63, 3.8) is 0 Å².